The molecular formula is C13H13NO4. The Morgan fingerprint density at radius 2 is 2.28 bits per heavy atom. The Hall–Kier alpha value is -2.48. The topological polar surface area (TPSA) is 79.5 Å². The predicted octanol–water partition coefficient (Wildman–Crippen LogP) is 2.09. The van der Waals surface area contributed by atoms with Crippen molar-refractivity contribution in [2.24, 2.45) is 0 Å². The number of aliphatic carboxylic acids is 1. The van der Waals surface area contributed by atoms with Gasteiger partial charge in [0.2, 0.25) is 0 Å². The van der Waals surface area contributed by atoms with Gasteiger partial charge in [-0.1, -0.05) is 0 Å². The maximum Gasteiger partial charge on any atom is 0.346 e. The molecule has 94 valence electrons. The second-order valence-corrected chi connectivity index (χ2v) is 3.31. The molecule has 0 unspecified atom stereocenters. The molecule has 1 N–H and O–H groups in total. The van der Waals surface area contributed by atoms with Crippen molar-refractivity contribution in [2.45, 2.75) is 6.92 Å². The van der Waals surface area contributed by atoms with Gasteiger partial charge in [0.15, 0.2) is 0 Å². The average Bonchev–Trinajstić information content (AvgIpc) is 2.37. The molecule has 0 aliphatic rings. The van der Waals surface area contributed by atoms with Crippen molar-refractivity contribution in [3.8, 4) is 17.6 Å². The minimum atomic E-state index is -1.27. The van der Waals surface area contributed by atoms with Crippen molar-refractivity contribution >= 4 is 12.0 Å². The summed E-state index contributed by atoms with van der Waals surface area (Å²) in [4.78, 5) is 10.8. The summed E-state index contributed by atoms with van der Waals surface area (Å²) in [5, 5.41) is 17.5. The Morgan fingerprint density at radius 1 is 1.56 bits per heavy atom. The summed E-state index contributed by atoms with van der Waals surface area (Å²) in [5.74, 6) is -0.189. The molecule has 1 aromatic rings. The van der Waals surface area contributed by atoms with Crippen molar-refractivity contribution in [1.29, 1.82) is 5.26 Å². The summed E-state index contributed by atoms with van der Waals surface area (Å²) in [6.07, 6.45) is 1.27. The van der Waals surface area contributed by atoms with Crippen LogP contribution in [0.1, 0.15) is 12.5 Å². The van der Waals surface area contributed by atoms with Gasteiger partial charge in [-0.2, -0.15) is 5.26 Å². The van der Waals surface area contributed by atoms with Gasteiger partial charge >= 0.3 is 5.97 Å². The monoisotopic (exact) mass is 247 g/mol. The van der Waals surface area contributed by atoms with Gasteiger partial charge in [-0.05, 0) is 25.1 Å². The van der Waals surface area contributed by atoms with Gasteiger partial charge in [-0.25, -0.2) is 4.79 Å². The number of benzene rings is 1. The van der Waals surface area contributed by atoms with Gasteiger partial charge in [0.05, 0.1) is 13.7 Å². The number of hydrogen-bond acceptors (Lipinski definition) is 4. The first kappa shape index (κ1) is 13.6. The second-order valence-electron chi connectivity index (χ2n) is 3.31. The Kier molecular flexibility index (Phi) is 4.76. The minimum absolute atomic E-state index is 0.346. The zero-order chi connectivity index (χ0) is 13.5. The Morgan fingerprint density at radius 3 is 2.78 bits per heavy atom. The Labute approximate surface area is 105 Å². The predicted molar refractivity (Wildman–Crippen MR) is 65.4 cm³/mol. The van der Waals surface area contributed by atoms with Gasteiger partial charge in [0.1, 0.15) is 23.1 Å². The molecule has 5 nitrogen and oxygen atoms in total. The van der Waals surface area contributed by atoms with E-state index in [1.807, 2.05) is 6.92 Å². The van der Waals surface area contributed by atoms with E-state index in [0.29, 0.717) is 23.7 Å². The van der Waals surface area contributed by atoms with Crippen LogP contribution < -0.4 is 9.47 Å². The van der Waals surface area contributed by atoms with Gasteiger partial charge in [-0.15, -0.1) is 0 Å². The van der Waals surface area contributed by atoms with Crippen LogP contribution in [0, 0.1) is 11.3 Å². The van der Waals surface area contributed by atoms with Crippen LogP contribution in [-0.4, -0.2) is 24.8 Å². The molecule has 1 rings (SSSR count). The third kappa shape index (κ3) is 3.25. The lowest BCUT2D eigenvalue weighted by Gasteiger charge is -2.09. The molecule has 0 saturated carbocycles. The maximum absolute atomic E-state index is 10.8. The van der Waals surface area contributed by atoms with Crippen molar-refractivity contribution < 1.29 is 19.4 Å². The van der Waals surface area contributed by atoms with E-state index in [1.165, 1.54) is 13.2 Å². The van der Waals surface area contributed by atoms with Gasteiger partial charge in [-0.3, -0.25) is 0 Å². The van der Waals surface area contributed by atoms with E-state index < -0.39 is 5.97 Å². The molecule has 1 aromatic carbocycles. The highest BCUT2D eigenvalue weighted by molar-refractivity contribution is 5.96. The average molecular weight is 247 g/mol. The van der Waals surface area contributed by atoms with Gasteiger partial charge in [0.25, 0.3) is 0 Å². The van der Waals surface area contributed by atoms with E-state index in [9.17, 15) is 4.79 Å². The van der Waals surface area contributed by atoms with Crippen molar-refractivity contribution in [3.63, 3.8) is 0 Å². The van der Waals surface area contributed by atoms with E-state index >= 15 is 0 Å². The Bertz CT molecular complexity index is 514. The van der Waals surface area contributed by atoms with Crippen molar-refractivity contribution in [1.82, 2.24) is 0 Å². The normalized spacial score (nSPS) is 10.6. The molecule has 0 aliphatic heterocycles. The third-order valence-electron chi connectivity index (χ3n) is 2.17. The summed E-state index contributed by atoms with van der Waals surface area (Å²) in [7, 11) is 1.53. The summed E-state index contributed by atoms with van der Waals surface area (Å²) < 4.78 is 10.4. The molecule has 0 amide bonds. The molecule has 0 bridgehead atoms. The zero-order valence-corrected chi connectivity index (χ0v) is 10.1. The largest absolute Gasteiger partial charge is 0.497 e. The number of rotatable bonds is 5. The van der Waals surface area contributed by atoms with Crippen LogP contribution >= 0.6 is 0 Å². The third-order valence-corrected chi connectivity index (χ3v) is 2.17. The molecular weight excluding hydrogens is 234 g/mol. The molecule has 0 heterocycles. The standard InChI is InChI=1S/C13H13NO4/c1-3-18-12-7-11(17-2)5-4-9(12)6-10(8-14)13(15)16/h4-7H,3H2,1-2H3,(H,15,16). The molecule has 0 saturated heterocycles. The molecule has 0 radical (unpaired) electrons. The maximum atomic E-state index is 10.8. The van der Waals surface area contributed by atoms with Crippen LogP contribution in [0.5, 0.6) is 11.5 Å². The second kappa shape index (κ2) is 6.30. The molecule has 0 atom stereocenters. The van der Waals surface area contributed by atoms with E-state index in [2.05, 4.69) is 0 Å². The number of carboxylic acids is 1. The summed E-state index contributed by atoms with van der Waals surface area (Å²) in [6.45, 7) is 2.25. The molecule has 0 fully saturated rings. The van der Waals surface area contributed by atoms with Crippen molar-refractivity contribution in [3.05, 3.63) is 29.3 Å². The van der Waals surface area contributed by atoms with E-state index in [4.69, 9.17) is 19.8 Å². The van der Waals surface area contributed by atoms with Crippen LogP contribution in [0.4, 0.5) is 0 Å². The lowest BCUT2D eigenvalue weighted by atomic mass is 10.1. The number of ether oxygens (including phenoxy) is 2. The number of carboxylic acid groups (broad SMARTS) is 1. The fraction of sp³-hybridized carbons (Fsp3) is 0.231. The van der Waals surface area contributed by atoms with Crippen molar-refractivity contribution in [2.75, 3.05) is 13.7 Å². The number of methoxy groups -OCH3 is 1. The molecule has 0 aliphatic carbocycles. The Balaban J connectivity index is 3.23. The number of carbonyl (C=O) groups is 1. The summed E-state index contributed by atoms with van der Waals surface area (Å²) >= 11 is 0. The smallest absolute Gasteiger partial charge is 0.346 e. The van der Waals surface area contributed by atoms with Crippen LogP contribution in [-0.2, 0) is 4.79 Å². The first-order valence-corrected chi connectivity index (χ1v) is 5.28. The number of hydrogen-bond donors (Lipinski definition) is 1. The highest BCUT2D eigenvalue weighted by atomic mass is 16.5. The molecule has 5 heteroatoms. The van der Waals surface area contributed by atoms with Gasteiger partial charge < -0.3 is 14.6 Å². The molecule has 18 heavy (non-hydrogen) atoms. The first-order chi connectivity index (χ1) is 8.62. The number of nitriles is 1. The van der Waals surface area contributed by atoms with Crippen LogP contribution in [0.2, 0.25) is 0 Å². The highest BCUT2D eigenvalue weighted by Gasteiger charge is 2.09. The van der Waals surface area contributed by atoms with Crippen LogP contribution in [0.3, 0.4) is 0 Å². The quantitative estimate of drug-likeness (QED) is 0.636. The summed E-state index contributed by atoms with van der Waals surface area (Å²) in [5.41, 5.74) is 0.178. The fourth-order valence-electron chi connectivity index (χ4n) is 1.34. The lowest BCUT2D eigenvalue weighted by Crippen LogP contribution is -1.99. The molecule has 0 spiro atoms. The molecule has 0 aromatic heterocycles. The minimum Gasteiger partial charge on any atom is -0.497 e. The zero-order valence-electron chi connectivity index (χ0n) is 10.1. The summed E-state index contributed by atoms with van der Waals surface area (Å²) in [6, 6.07) is 6.58. The van der Waals surface area contributed by atoms with Crippen LogP contribution in [0.15, 0.2) is 23.8 Å². The first-order valence-electron chi connectivity index (χ1n) is 5.28. The number of nitrogens with zero attached hydrogens (tertiary/aromatic N) is 1. The highest BCUT2D eigenvalue weighted by Crippen LogP contribution is 2.26. The SMILES string of the molecule is CCOc1cc(OC)ccc1C=C(C#N)C(=O)O. The van der Waals surface area contributed by atoms with E-state index in [1.54, 1.807) is 24.3 Å². The van der Waals surface area contributed by atoms with E-state index in [-0.39, 0.29) is 5.57 Å². The van der Waals surface area contributed by atoms with Gasteiger partial charge in [0, 0.05) is 11.6 Å². The van der Waals surface area contributed by atoms with Crippen LogP contribution in [0.25, 0.3) is 6.08 Å². The fourth-order valence-corrected chi connectivity index (χ4v) is 1.34. The van der Waals surface area contributed by atoms with E-state index in [0.717, 1.165) is 0 Å². The lowest BCUT2D eigenvalue weighted by molar-refractivity contribution is -0.132.